The summed E-state index contributed by atoms with van der Waals surface area (Å²) in [6.07, 6.45) is 0.473. The molecule has 2 N–H and O–H groups in total. The van der Waals surface area contributed by atoms with Crippen LogP contribution < -0.4 is 20.1 Å². The first-order valence-electron chi connectivity index (χ1n) is 10.6. The highest BCUT2D eigenvalue weighted by Crippen LogP contribution is 2.36. The molecule has 0 unspecified atom stereocenters. The Morgan fingerprint density at radius 2 is 1.09 bits per heavy atom. The molecule has 10 heteroatoms. The van der Waals surface area contributed by atoms with E-state index in [-0.39, 0.29) is 60.5 Å². The summed E-state index contributed by atoms with van der Waals surface area (Å²) < 4.78 is 21.9. The molecule has 1 heterocycles. The number of benzene rings is 2. The van der Waals surface area contributed by atoms with Gasteiger partial charge in [0.2, 0.25) is 11.8 Å². The molecule has 34 heavy (non-hydrogen) atoms. The number of methoxy groups -OCH3 is 2. The van der Waals surface area contributed by atoms with E-state index >= 15 is 0 Å². The van der Waals surface area contributed by atoms with E-state index in [1.807, 2.05) is 0 Å². The first kappa shape index (κ1) is 24.6. The van der Waals surface area contributed by atoms with Crippen molar-refractivity contribution >= 4 is 35.1 Å². The number of rotatable bonds is 4. The van der Waals surface area contributed by atoms with Crippen molar-refractivity contribution in [2.45, 2.75) is 26.7 Å². The zero-order chi connectivity index (χ0) is 24.8. The minimum Gasteiger partial charge on any atom is -0.492 e. The molecular formula is C24H26N2O8. The van der Waals surface area contributed by atoms with E-state index < -0.39 is 11.9 Å². The van der Waals surface area contributed by atoms with Gasteiger partial charge in [0.1, 0.15) is 22.6 Å². The number of anilines is 2. The average molecular weight is 470 g/mol. The van der Waals surface area contributed by atoms with Crippen molar-refractivity contribution in [1.82, 2.24) is 0 Å². The van der Waals surface area contributed by atoms with E-state index in [0.29, 0.717) is 22.5 Å². The van der Waals surface area contributed by atoms with Crippen molar-refractivity contribution in [3.63, 3.8) is 0 Å². The van der Waals surface area contributed by atoms with Gasteiger partial charge < -0.3 is 29.6 Å². The molecule has 2 aromatic rings. The summed E-state index contributed by atoms with van der Waals surface area (Å²) in [4.78, 5) is 48.2. The van der Waals surface area contributed by atoms with Crippen LogP contribution in [0.1, 0.15) is 45.7 Å². The average Bonchev–Trinajstić information content (AvgIpc) is 2.80. The van der Waals surface area contributed by atoms with E-state index in [2.05, 4.69) is 10.6 Å². The quantitative estimate of drug-likeness (QED) is 0.653. The lowest BCUT2D eigenvalue weighted by Gasteiger charge is -2.23. The molecule has 2 amide bonds. The standard InChI is InChI=1S/C24H26N2O8/c1-13(27)25-19-7-5-17(23(29)31-3)21-15(19)9-11-34-22-16(10-12-33-21)20(26-14(2)28)8-6-18(22)24(30)32-4/h5-8H,9-12H2,1-4H3,(H,25,27)(H,26,28). The second kappa shape index (κ2) is 10.7. The summed E-state index contributed by atoms with van der Waals surface area (Å²) >= 11 is 0. The molecule has 0 saturated heterocycles. The zero-order valence-electron chi connectivity index (χ0n) is 19.4. The lowest BCUT2D eigenvalue weighted by Crippen LogP contribution is -2.19. The normalized spacial score (nSPS) is 12.6. The Bertz CT molecular complexity index is 1050. The van der Waals surface area contributed by atoms with Crippen LogP contribution in [-0.2, 0) is 31.9 Å². The highest BCUT2D eigenvalue weighted by Gasteiger charge is 2.25. The van der Waals surface area contributed by atoms with Crippen LogP contribution in [0.3, 0.4) is 0 Å². The summed E-state index contributed by atoms with van der Waals surface area (Å²) in [6, 6.07) is 6.25. The highest BCUT2D eigenvalue weighted by molar-refractivity contribution is 5.97. The number of nitrogens with one attached hydrogen (secondary N) is 2. The number of hydrogen-bond acceptors (Lipinski definition) is 8. The maximum absolute atomic E-state index is 12.4. The fraction of sp³-hybridized carbons (Fsp3) is 0.333. The maximum atomic E-state index is 12.4. The van der Waals surface area contributed by atoms with E-state index in [0.717, 1.165) is 0 Å². The van der Waals surface area contributed by atoms with Crippen molar-refractivity contribution in [2.75, 3.05) is 38.1 Å². The Balaban J connectivity index is 2.10. The smallest absolute Gasteiger partial charge is 0.341 e. The first-order chi connectivity index (χ1) is 16.3. The monoisotopic (exact) mass is 470 g/mol. The summed E-state index contributed by atoms with van der Waals surface area (Å²) in [7, 11) is 2.54. The van der Waals surface area contributed by atoms with E-state index in [9.17, 15) is 19.2 Å². The highest BCUT2D eigenvalue weighted by atomic mass is 16.5. The van der Waals surface area contributed by atoms with Gasteiger partial charge in [-0.25, -0.2) is 9.59 Å². The molecule has 0 fully saturated rings. The Kier molecular flexibility index (Phi) is 7.72. The van der Waals surface area contributed by atoms with Crippen LogP contribution in [0.4, 0.5) is 11.4 Å². The van der Waals surface area contributed by atoms with Crippen LogP contribution in [0.5, 0.6) is 11.5 Å². The summed E-state index contributed by atoms with van der Waals surface area (Å²) in [5.41, 5.74) is 2.47. The van der Waals surface area contributed by atoms with Gasteiger partial charge in [0, 0.05) is 49.2 Å². The number of hydrogen-bond donors (Lipinski definition) is 2. The summed E-state index contributed by atoms with van der Waals surface area (Å²) in [6.45, 7) is 2.91. The van der Waals surface area contributed by atoms with Crippen molar-refractivity contribution in [3.05, 3.63) is 46.5 Å². The summed E-state index contributed by atoms with van der Waals surface area (Å²) in [5, 5.41) is 5.48. The summed E-state index contributed by atoms with van der Waals surface area (Å²) in [5.74, 6) is -1.20. The van der Waals surface area contributed by atoms with Crippen molar-refractivity contribution < 1.29 is 38.1 Å². The second-order valence-electron chi connectivity index (χ2n) is 7.48. The zero-order valence-corrected chi connectivity index (χ0v) is 19.4. The molecule has 0 aliphatic carbocycles. The molecule has 10 nitrogen and oxygen atoms in total. The third-order valence-electron chi connectivity index (χ3n) is 5.15. The lowest BCUT2D eigenvalue weighted by molar-refractivity contribution is -0.115. The Morgan fingerprint density at radius 1 is 0.706 bits per heavy atom. The van der Waals surface area contributed by atoms with Crippen LogP contribution in [0.25, 0.3) is 0 Å². The predicted octanol–water partition coefficient (Wildman–Crippen LogP) is 2.73. The molecule has 0 radical (unpaired) electrons. The minimum absolute atomic E-state index is 0.0775. The molecule has 0 saturated carbocycles. The van der Waals surface area contributed by atoms with Gasteiger partial charge in [0.05, 0.1) is 27.4 Å². The van der Waals surface area contributed by atoms with Crippen molar-refractivity contribution in [2.24, 2.45) is 0 Å². The molecular weight excluding hydrogens is 444 g/mol. The van der Waals surface area contributed by atoms with Gasteiger partial charge in [0.15, 0.2) is 0 Å². The molecule has 2 aromatic carbocycles. The van der Waals surface area contributed by atoms with E-state index in [4.69, 9.17) is 18.9 Å². The fourth-order valence-electron chi connectivity index (χ4n) is 3.75. The number of fused-ring (bicyclic) bond motifs is 2. The number of amides is 2. The fourth-order valence-corrected chi connectivity index (χ4v) is 3.75. The maximum Gasteiger partial charge on any atom is 0.341 e. The van der Waals surface area contributed by atoms with Gasteiger partial charge in [-0.05, 0) is 24.3 Å². The van der Waals surface area contributed by atoms with Gasteiger partial charge in [-0.2, -0.15) is 0 Å². The Morgan fingerprint density at radius 3 is 1.41 bits per heavy atom. The van der Waals surface area contributed by atoms with Crippen LogP contribution in [0, 0.1) is 0 Å². The van der Waals surface area contributed by atoms with Gasteiger partial charge in [-0.3, -0.25) is 9.59 Å². The van der Waals surface area contributed by atoms with Gasteiger partial charge in [-0.15, -0.1) is 0 Å². The van der Waals surface area contributed by atoms with Gasteiger partial charge in [0.25, 0.3) is 0 Å². The van der Waals surface area contributed by atoms with Gasteiger partial charge >= 0.3 is 11.9 Å². The largest absolute Gasteiger partial charge is 0.492 e. The molecule has 0 atom stereocenters. The topological polar surface area (TPSA) is 129 Å². The molecule has 3 rings (SSSR count). The third-order valence-corrected chi connectivity index (χ3v) is 5.15. The number of carbonyl (C=O) groups excluding carboxylic acids is 4. The van der Waals surface area contributed by atoms with Gasteiger partial charge in [-0.1, -0.05) is 0 Å². The van der Waals surface area contributed by atoms with Crippen LogP contribution in [0.15, 0.2) is 24.3 Å². The first-order valence-corrected chi connectivity index (χ1v) is 10.6. The minimum atomic E-state index is -0.587. The lowest BCUT2D eigenvalue weighted by atomic mass is 10.0. The molecule has 1 aliphatic heterocycles. The van der Waals surface area contributed by atoms with Crippen LogP contribution in [0.2, 0.25) is 0 Å². The SMILES string of the molecule is COC(=O)c1ccc(NC(C)=O)c2c1OCCc1c(NC(C)=O)ccc(C(=O)OC)c1OCC2. The molecule has 180 valence electrons. The van der Waals surface area contributed by atoms with E-state index in [1.54, 1.807) is 12.1 Å². The van der Waals surface area contributed by atoms with Crippen molar-refractivity contribution in [3.8, 4) is 11.5 Å². The Hall–Kier alpha value is -4.08. The number of esters is 2. The third kappa shape index (κ3) is 5.28. The van der Waals surface area contributed by atoms with E-state index in [1.165, 1.54) is 40.2 Å². The second-order valence-corrected chi connectivity index (χ2v) is 7.48. The Labute approximate surface area is 196 Å². The molecule has 0 bridgehead atoms. The molecule has 1 aliphatic rings. The van der Waals surface area contributed by atoms with Crippen LogP contribution in [-0.4, -0.2) is 51.2 Å². The number of ether oxygens (including phenoxy) is 4. The molecule has 0 spiro atoms. The van der Waals surface area contributed by atoms with Crippen molar-refractivity contribution in [1.29, 1.82) is 0 Å². The number of carbonyl (C=O) groups is 4. The van der Waals surface area contributed by atoms with Crippen LogP contribution >= 0.6 is 0 Å². The predicted molar refractivity (Wildman–Crippen MR) is 123 cm³/mol. The molecule has 0 aromatic heterocycles.